The molecule has 0 atom stereocenters. The van der Waals surface area contributed by atoms with E-state index in [9.17, 15) is 22.8 Å². The van der Waals surface area contributed by atoms with E-state index >= 15 is 0 Å². The zero-order valence-corrected chi connectivity index (χ0v) is 18.9. The number of benzene rings is 1. The minimum absolute atomic E-state index is 0.0483. The highest BCUT2D eigenvalue weighted by Crippen LogP contribution is 2.31. The number of aromatic nitrogens is 3. The largest absolute Gasteiger partial charge is 0.435 e. The van der Waals surface area contributed by atoms with E-state index in [-0.39, 0.29) is 18.9 Å². The van der Waals surface area contributed by atoms with E-state index in [1.807, 2.05) is 18.2 Å². The van der Waals surface area contributed by atoms with Crippen LogP contribution in [0.4, 0.5) is 19.0 Å². The summed E-state index contributed by atoms with van der Waals surface area (Å²) >= 11 is 0. The topological polar surface area (TPSA) is 83.4 Å². The number of piperazine rings is 1. The minimum Gasteiger partial charge on any atom is -0.353 e. The van der Waals surface area contributed by atoms with Gasteiger partial charge in [0.1, 0.15) is 5.82 Å². The third-order valence-electron chi connectivity index (χ3n) is 5.71. The fourth-order valence-corrected chi connectivity index (χ4v) is 3.88. The second kappa shape index (κ2) is 10.6. The quantitative estimate of drug-likeness (QED) is 0.519. The summed E-state index contributed by atoms with van der Waals surface area (Å²) in [6, 6.07) is 13.9. The lowest BCUT2D eigenvalue weighted by Crippen LogP contribution is -2.49. The Bertz CT molecular complexity index is 1140. The Morgan fingerprint density at radius 2 is 1.69 bits per heavy atom. The Kier molecular flexibility index (Phi) is 7.33. The number of hydrogen-bond donors (Lipinski definition) is 1. The molecule has 0 spiro atoms. The summed E-state index contributed by atoms with van der Waals surface area (Å²) in [4.78, 5) is 33.2. The second-order valence-electron chi connectivity index (χ2n) is 8.08. The zero-order chi connectivity index (χ0) is 24.8. The molecule has 0 aliphatic carbocycles. The number of amides is 2. The van der Waals surface area contributed by atoms with Crippen LogP contribution in [-0.2, 0) is 11.0 Å². The first-order valence-corrected chi connectivity index (χ1v) is 11.3. The van der Waals surface area contributed by atoms with Crippen LogP contribution in [0.15, 0.2) is 60.9 Å². The highest BCUT2D eigenvalue weighted by molar-refractivity contribution is 5.95. The molecule has 1 N–H and O–H groups in total. The van der Waals surface area contributed by atoms with Crippen LogP contribution >= 0.6 is 0 Å². The maximum Gasteiger partial charge on any atom is 0.435 e. The van der Waals surface area contributed by atoms with E-state index < -0.39 is 23.3 Å². The van der Waals surface area contributed by atoms with Crippen LogP contribution in [0.5, 0.6) is 0 Å². The molecular weight excluding hydrogens is 461 g/mol. The van der Waals surface area contributed by atoms with E-state index in [4.69, 9.17) is 0 Å². The van der Waals surface area contributed by atoms with Gasteiger partial charge in [-0.1, -0.05) is 24.3 Å². The smallest absolute Gasteiger partial charge is 0.353 e. The van der Waals surface area contributed by atoms with Crippen molar-refractivity contribution in [2.75, 3.05) is 37.6 Å². The van der Waals surface area contributed by atoms with Gasteiger partial charge in [-0.05, 0) is 30.7 Å². The summed E-state index contributed by atoms with van der Waals surface area (Å²) < 4.78 is 41.4. The number of halogens is 3. The highest BCUT2D eigenvalue weighted by Gasteiger charge is 2.39. The van der Waals surface area contributed by atoms with Crippen molar-refractivity contribution in [3.05, 3.63) is 72.2 Å². The first-order chi connectivity index (χ1) is 16.8. The zero-order valence-electron chi connectivity index (χ0n) is 18.9. The molecule has 0 radical (unpaired) electrons. The SMILES string of the molecule is O=C(NCCCC(=O)N1CCN(c2ccccn2)CC1)c1cn(-c2ccccc2)nc1C(F)(F)F. The van der Waals surface area contributed by atoms with Gasteiger partial charge in [-0.3, -0.25) is 9.59 Å². The molecule has 0 bridgehead atoms. The molecule has 35 heavy (non-hydrogen) atoms. The van der Waals surface area contributed by atoms with Gasteiger partial charge in [0.15, 0.2) is 5.69 Å². The third kappa shape index (κ3) is 5.97. The van der Waals surface area contributed by atoms with Crippen LogP contribution in [-0.4, -0.2) is 64.2 Å². The molecular formula is C24H25F3N6O2. The van der Waals surface area contributed by atoms with Gasteiger partial charge in [0.05, 0.1) is 11.3 Å². The van der Waals surface area contributed by atoms with Crippen molar-refractivity contribution < 1.29 is 22.8 Å². The Morgan fingerprint density at radius 3 is 2.34 bits per heavy atom. The molecule has 1 fully saturated rings. The van der Waals surface area contributed by atoms with E-state index in [1.165, 1.54) is 0 Å². The number of anilines is 1. The number of carbonyl (C=O) groups is 2. The predicted molar refractivity (Wildman–Crippen MR) is 123 cm³/mol. The molecule has 1 aliphatic heterocycles. The summed E-state index contributed by atoms with van der Waals surface area (Å²) in [6.45, 7) is 2.55. The van der Waals surface area contributed by atoms with Gasteiger partial charge in [0, 0.05) is 51.5 Å². The van der Waals surface area contributed by atoms with Gasteiger partial charge in [0.25, 0.3) is 5.91 Å². The summed E-state index contributed by atoms with van der Waals surface area (Å²) in [5.41, 5.74) is -1.40. The average molecular weight is 486 g/mol. The Labute approximate surface area is 200 Å². The maximum absolute atomic E-state index is 13.5. The highest BCUT2D eigenvalue weighted by atomic mass is 19.4. The third-order valence-corrected chi connectivity index (χ3v) is 5.71. The molecule has 0 saturated carbocycles. The van der Waals surface area contributed by atoms with Gasteiger partial charge in [-0.2, -0.15) is 18.3 Å². The van der Waals surface area contributed by atoms with Gasteiger partial charge in [0.2, 0.25) is 5.91 Å². The van der Waals surface area contributed by atoms with Gasteiger partial charge < -0.3 is 15.1 Å². The number of para-hydroxylation sites is 1. The number of nitrogens with one attached hydrogen (secondary N) is 1. The van der Waals surface area contributed by atoms with E-state index in [0.29, 0.717) is 38.3 Å². The Morgan fingerprint density at radius 1 is 0.971 bits per heavy atom. The molecule has 3 heterocycles. The normalized spacial score (nSPS) is 14.1. The second-order valence-corrected chi connectivity index (χ2v) is 8.08. The monoisotopic (exact) mass is 486 g/mol. The number of alkyl halides is 3. The van der Waals surface area contributed by atoms with Crippen LogP contribution in [0.3, 0.4) is 0 Å². The molecule has 1 aliphatic rings. The molecule has 4 rings (SSSR count). The molecule has 1 aromatic carbocycles. The molecule has 1 saturated heterocycles. The molecule has 8 nitrogen and oxygen atoms in total. The molecule has 2 amide bonds. The molecule has 0 unspecified atom stereocenters. The lowest BCUT2D eigenvalue weighted by Gasteiger charge is -2.35. The van der Waals surface area contributed by atoms with Crippen LogP contribution in [0.1, 0.15) is 28.9 Å². The van der Waals surface area contributed by atoms with Crippen molar-refractivity contribution in [1.29, 1.82) is 0 Å². The first kappa shape index (κ1) is 24.2. The van der Waals surface area contributed by atoms with E-state index in [2.05, 4.69) is 20.3 Å². The van der Waals surface area contributed by atoms with Gasteiger partial charge in [-0.25, -0.2) is 9.67 Å². The van der Waals surface area contributed by atoms with Crippen molar-refractivity contribution >= 4 is 17.6 Å². The lowest BCUT2D eigenvalue weighted by molar-refractivity contribution is -0.141. The predicted octanol–water partition coefficient (Wildman–Crippen LogP) is 3.14. The number of rotatable bonds is 7. The summed E-state index contributed by atoms with van der Waals surface area (Å²) in [5, 5.41) is 6.06. The summed E-state index contributed by atoms with van der Waals surface area (Å²) in [7, 11) is 0. The molecule has 3 aromatic rings. The van der Waals surface area contributed by atoms with E-state index in [1.54, 1.807) is 41.4 Å². The number of nitrogens with zero attached hydrogens (tertiary/aromatic N) is 5. The standard InChI is InChI=1S/C24H25F3N6O2/c25-24(26,27)22-19(17-33(30-22)18-7-2-1-3-8-18)23(35)29-12-6-10-21(34)32-15-13-31(14-16-32)20-9-4-5-11-28-20/h1-5,7-9,11,17H,6,10,12-16H2,(H,29,35). The average Bonchev–Trinajstić information content (AvgIpc) is 3.34. The molecule has 184 valence electrons. The molecule has 11 heteroatoms. The maximum atomic E-state index is 13.5. The van der Waals surface area contributed by atoms with Crippen LogP contribution in [0, 0.1) is 0 Å². The number of pyridine rings is 1. The minimum atomic E-state index is -4.78. The van der Waals surface area contributed by atoms with Crippen molar-refractivity contribution in [2.45, 2.75) is 19.0 Å². The van der Waals surface area contributed by atoms with E-state index in [0.717, 1.165) is 16.7 Å². The van der Waals surface area contributed by atoms with Gasteiger partial charge >= 0.3 is 6.18 Å². The Balaban J connectivity index is 1.27. The van der Waals surface area contributed by atoms with Crippen molar-refractivity contribution in [3.63, 3.8) is 0 Å². The first-order valence-electron chi connectivity index (χ1n) is 11.3. The number of carbonyl (C=O) groups excluding carboxylic acids is 2. The summed E-state index contributed by atoms with van der Waals surface area (Å²) in [5.74, 6) is -0.0557. The lowest BCUT2D eigenvalue weighted by atomic mass is 10.2. The summed E-state index contributed by atoms with van der Waals surface area (Å²) in [6.07, 6.45) is -1.47. The van der Waals surface area contributed by atoms with Crippen LogP contribution in [0.25, 0.3) is 5.69 Å². The fourth-order valence-electron chi connectivity index (χ4n) is 3.88. The van der Waals surface area contributed by atoms with Crippen LogP contribution in [0.2, 0.25) is 0 Å². The van der Waals surface area contributed by atoms with Gasteiger partial charge in [-0.15, -0.1) is 0 Å². The van der Waals surface area contributed by atoms with Crippen LogP contribution < -0.4 is 10.2 Å². The van der Waals surface area contributed by atoms with Crippen molar-refractivity contribution in [3.8, 4) is 5.69 Å². The molecule has 2 aromatic heterocycles. The Hall–Kier alpha value is -3.89. The number of hydrogen-bond acceptors (Lipinski definition) is 5. The van der Waals surface area contributed by atoms with Crippen molar-refractivity contribution in [2.24, 2.45) is 0 Å². The fraction of sp³-hybridized carbons (Fsp3) is 0.333. The van der Waals surface area contributed by atoms with Crippen molar-refractivity contribution in [1.82, 2.24) is 25.0 Å².